The number of hydrogen-bond acceptors (Lipinski definition) is 5. The molecule has 0 unspecified atom stereocenters. The summed E-state index contributed by atoms with van der Waals surface area (Å²) in [5.41, 5.74) is 6.82. The van der Waals surface area contributed by atoms with Gasteiger partial charge in [-0.2, -0.15) is 0 Å². The normalized spacial score (nSPS) is 11.1. The van der Waals surface area contributed by atoms with Crippen LogP contribution in [0.3, 0.4) is 0 Å². The first-order valence-corrected chi connectivity index (χ1v) is 11.3. The number of para-hydroxylation sites is 1. The van der Waals surface area contributed by atoms with Crippen molar-refractivity contribution < 1.29 is 0 Å². The van der Waals surface area contributed by atoms with E-state index in [1.807, 2.05) is 64.6 Å². The Morgan fingerprint density at radius 3 is 2.47 bits per heavy atom. The summed E-state index contributed by atoms with van der Waals surface area (Å²) in [6.07, 6.45) is 5.35. The summed E-state index contributed by atoms with van der Waals surface area (Å²) in [5.74, 6) is 0.593. The average Bonchev–Trinajstić information content (AvgIpc) is 3.49. The Hall–Kier alpha value is -4.33. The van der Waals surface area contributed by atoms with Crippen LogP contribution >= 0.6 is 0 Å². The predicted octanol–water partition coefficient (Wildman–Crippen LogP) is 4.19. The summed E-state index contributed by atoms with van der Waals surface area (Å²) >= 11 is 0. The van der Waals surface area contributed by atoms with E-state index in [-0.39, 0.29) is 5.69 Å². The molecule has 3 heterocycles. The smallest absolute Gasteiger partial charge is 0.291 e. The lowest BCUT2D eigenvalue weighted by Gasteiger charge is -2.10. The zero-order chi connectivity index (χ0) is 23.5. The number of rotatable bonds is 7. The first kappa shape index (κ1) is 21.5. The van der Waals surface area contributed by atoms with Gasteiger partial charge in [-0.05, 0) is 53.1 Å². The van der Waals surface area contributed by atoms with E-state index in [1.165, 1.54) is 0 Å². The number of nitrogens with one attached hydrogen (secondary N) is 1. The van der Waals surface area contributed by atoms with Crippen LogP contribution in [-0.4, -0.2) is 34.7 Å². The molecule has 170 valence electrons. The monoisotopic (exact) mass is 451 g/mol. The highest BCUT2D eigenvalue weighted by Gasteiger charge is 2.18. The Kier molecular flexibility index (Phi) is 5.86. The number of hydrogen-bond donors (Lipinski definition) is 1. The third kappa shape index (κ3) is 3.94. The Balaban J connectivity index is 1.50. The second-order valence-corrected chi connectivity index (χ2v) is 8.19. The number of benzene rings is 2. The van der Waals surface area contributed by atoms with Gasteiger partial charge in [-0.25, -0.2) is 9.89 Å². The third-order valence-corrected chi connectivity index (χ3v) is 6.03. The maximum absolute atomic E-state index is 13.5. The van der Waals surface area contributed by atoms with Crippen molar-refractivity contribution in [3.63, 3.8) is 0 Å². The molecule has 0 aliphatic carbocycles. The summed E-state index contributed by atoms with van der Waals surface area (Å²) in [7, 11) is 0. The third-order valence-electron chi connectivity index (χ3n) is 6.03. The minimum Gasteiger partial charge on any atom is -0.291 e. The Morgan fingerprint density at radius 1 is 0.971 bits per heavy atom. The molecule has 5 aromatic rings. The lowest BCUT2D eigenvalue weighted by atomic mass is 10.0. The van der Waals surface area contributed by atoms with Gasteiger partial charge in [0.25, 0.3) is 0 Å². The second-order valence-electron chi connectivity index (χ2n) is 8.19. The summed E-state index contributed by atoms with van der Waals surface area (Å²) < 4.78 is 3.71. The van der Waals surface area contributed by atoms with Crippen LogP contribution in [0.15, 0.2) is 77.9 Å². The van der Waals surface area contributed by atoms with Crippen LogP contribution in [0.1, 0.15) is 30.3 Å². The van der Waals surface area contributed by atoms with Gasteiger partial charge in [0.05, 0.1) is 12.2 Å². The van der Waals surface area contributed by atoms with E-state index < -0.39 is 0 Å². The SMILES string of the molecule is CCCc1c(C)n(-c2ccccc2)c(=O)n1Cc1ccc(-c2cnccc2-c2nnn[nH]2)cc1. The standard InChI is InChI=1S/C26H25N7O/c1-3-7-24-18(2)33(21-8-5-4-6-9-21)26(34)32(24)17-19-10-12-20(13-11-19)23-16-27-15-14-22(23)25-28-30-31-29-25/h4-6,8-16H,3,7,17H2,1-2H3,(H,28,29,30,31). The summed E-state index contributed by atoms with van der Waals surface area (Å²) in [5, 5.41) is 14.2. The first-order valence-electron chi connectivity index (χ1n) is 11.3. The van der Waals surface area contributed by atoms with Crippen LogP contribution in [0.4, 0.5) is 0 Å². The van der Waals surface area contributed by atoms with Crippen molar-refractivity contribution in [2.75, 3.05) is 0 Å². The van der Waals surface area contributed by atoms with E-state index in [4.69, 9.17) is 0 Å². The quantitative estimate of drug-likeness (QED) is 0.400. The van der Waals surface area contributed by atoms with Crippen LogP contribution < -0.4 is 5.69 Å². The van der Waals surface area contributed by atoms with E-state index in [0.717, 1.165) is 52.2 Å². The number of aromatic amines is 1. The molecule has 1 N–H and O–H groups in total. The average molecular weight is 452 g/mol. The van der Waals surface area contributed by atoms with Crippen LogP contribution in [0.5, 0.6) is 0 Å². The van der Waals surface area contributed by atoms with Gasteiger partial charge in [-0.1, -0.05) is 55.8 Å². The van der Waals surface area contributed by atoms with Crippen molar-refractivity contribution in [2.45, 2.75) is 33.2 Å². The minimum atomic E-state index is -0.0106. The van der Waals surface area contributed by atoms with E-state index >= 15 is 0 Å². The van der Waals surface area contributed by atoms with Gasteiger partial charge in [0.1, 0.15) is 0 Å². The van der Waals surface area contributed by atoms with Gasteiger partial charge < -0.3 is 0 Å². The van der Waals surface area contributed by atoms with Crippen LogP contribution in [0, 0.1) is 6.92 Å². The molecule has 8 nitrogen and oxygen atoms in total. The van der Waals surface area contributed by atoms with Gasteiger partial charge in [0.2, 0.25) is 0 Å². The lowest BCUT2D eigenvalue weighted by molar-refractivity contribution is 0.691. The van der Waals surface area contributed by atoms with Gasteiger partial charge in [-0.15, -0.1) is 5.10 Å². The Morgan fingerprint density at radius 2 is 1.76 bits per heavy atom. The van der Waals surface area contributed by atoms with E-state index in [9.17, 15) is 4.79 Å². The molecule has 0 radical (unpaired) electrons. The number of tetrazole rings is 1. The molecule has 3 aromatic heterocycles. The minimum absolute atomic E-state index is 0.0106. The van der Waals surface area contributed by atoms with Crippen molar-refractivity contribution in [3.05, 3.63) is 100 Å². The number of H-pyrrole nitrogens is 1. The van der Waals surface area contributed by atoms with E-state index in [0.29, 0.717) is 12.4 Å². The molecule has 0 saturated carbocycles. The highest BCUT2D eigenvalue weighted by Crippen LogP contribution is 2.29. The molecule has 0 fully saturated rings. The first-order chi connectivity index (χ1) is 16.7. The second kappa shape index (κ2) is 9.27. The fraction of sp³-hybridized carbons (Fsp3) is 0.192. The van der Waals surface area contributed by atoms with Crippen LogP contribution in [0.25, 0.3) is 28.2 Å². The van der Waals surface area contributed by atoms with Gasteiger partial charge in [-0.3, -0.25) is 14.1 Å². The zero-order valence-electron chi connectivity index (χ0n) is 19.1. The number of imidazole rings is 1. The van der Waals surface area contributed by atoms with Crippen molar-refractivity contribution in [1.82, 2.24) is 34.7 Å². The molecule has 34 heavy (non-hydrogen) atoms. The fourth-order valence-electron chi connectivity index (χ4n) is 4.38. The van der Waals surface area contributed by atoms with E-state index in [2.05, 4.69) is 44.7 Å². The molecule has 0 amide bonds. The molecular formula is C26H25N7O. The summed E-state index contributed by atoms with van der Waals surface area (Å²) in [6.45, 7) is 4.68. The summed E-state index contributed by atoms with van der Waals surface area (Å²) in [6, 6.07) is 19.9. The summed E-state index contributed by atoms with van der Waals surface area (Å²) in [4.78, 5) is 17.7. The van der Waals surface area contributed by atoms with Crippen molar-refractivity contribution in [3.8, 4) is 28.2 Å². The number of aromatic nitrogens is 7. The van der Waals surface area contributed by atoms with E-state index in [1.54, 1.807) is 12.4 Å². The highest BCUT2D eigenvalue weighted by molar-refractivity contribution is 5.79. The van der Waals surface area contributed by atoms with Gasteiger partial charge in [0, 0.05) is 34.9 Å². The molecular weight excluding hydrogens is 426 g/mol. The van der Waals surface area contributed by atoms with Gasteiger partial charge in [0.15, 0.2) is 5.82 Å². The molecule has 8 heteroatoms. The fourth-order valence-corrected chi connectivity index (χ4v) is 4.38. The topological polar surface area (TPSA) is 94.3 Å². The number of pyridine rings is 1. The molecule has 0 aliphatic heterocycles. The predicted molar refractivity (Wildman–Crippen MR) is 131 cm³/mol. The molecule has 0 aliphatic rings. The Bertz CT molecular complexity index is 1450. The molecule has 0 bridgehead atoms. The maximum Gasteiger partial charge on any atom is 0.333 e. The zero-order valence-corrected chi connectivity index (χ0v) is 19.1. The molecule has 2 aromatic carbocycles. The lowest BCUT2D eigenvalue weighted by Crippen LogP contribution is -2.25. The van der Waals surface area contributed by atoms with Crippen LogP contribution in [-0.2, 0) is 13.0 Å². The molecule has 0 spiro atoms. The molecule has 5 rings (SSSR count). The highest BCUT2D eigenvalue weighted by atomic mass is 16.1. The largest absolute Gasteiger partial charge is 0.333 e. The molecule has 0 saturated heterocycles. The van der Waals surface area contributed by atoms with Crippen molar-refractivity contribution in [2.24, 2.45) is 0 Å². The van der Waals surface area contributed by atoms with Crippen molar-refractivity contribution >= 4 is 0 Å². The Labute approximate surface area is 196 Å². The van der Waals surface area contributed by atoms with Gasteiger partial charge >= 0.3 is 5.69 Å². The van der Waals surface area contributed by atoms with Crippen molar-refractivity contribution in [1.29, 1.82) is 0 Å². The van der Waals surface area contributed by atoms with Crippen LogP contribution in [0.2, 0.25) is 0 Å². The maximum atomic E-state index is 13.5. The molecule has 0 atom stereocenters. The number of nitrogens with zero attached hydrogens (tertiary/aromatic N) is 6.